The summed E-state index contributed by atoms with van der Waals surface area (Å²) in [6, 6.07) is 1.82. The Balaban J connectivity index is 2.01. The zero-order valence-corrected chi connectivity index (χ0v) is 12.4. The lowest BCUT2D eigenvalue weighted by atomic mass is 10.1. The number of fused-ring (bicyclic) bond motifs is 1. The summed E-state index contributed by atoms with van der Waals surface area (Å²) in [7, 11) is -4.13. The minimum atomic E-state index is -4.13. The van der Waals surface area contributed by atoms with Crippen molar-refractivity contribution >= 4 is 27.0 Å². The van der Waals surface area contributed by atoms with Crippen LogP contribution in [0.15, 0.2) is 24.8 Å². The van der Waals surface area contributed by atoms with Gasteiger partial charge in [-0.05, 0) is 13.0 Å². The molecule has 0 aliphatic heterocycles. The zero-order chi connectivity index (χ0) is 15.9. The van der Waals surface area contributed by atoms with Crippen molar-refractivity contribution in [3.05, 3.63) is 24.8 Å². The lowest BCUT2D eigenvalue weighted by Crippen LogP contribution is -2.23. The first-order chi connectivity index (χ1) is 10.4. The van der Waals surface area contributed by atoms with Crippen molar-refractivity contribution in [3.63, 3.8) is 0 Å². The van der Waals surface area contributed by atoms with Gasteiger partial charge in [-0.2, -0.15) is 13.5 Å². The maximum atomic E-state index is 11.1. The van der Waals surface area contributed by atoms with E-state index in [1.807, 2.05) is 6.07 Å². The van der Waals surface area contributed by atoms with Crippen molar-refractivity contribution in [1.29, 1.82) is 0 Å². The summed E-state index contributed by atoms with van der Waals surface area (Å²) in [5, 5.41) is 3.88. The number of rotatable bonds is 4. The number of H-pyrrole nitrogens is 1. The van der Waals surface area contributed by atoms with Gasteiger partial charge < -0.3 is 10.7 Å². The Bertz CT molecular complexity index is 929. The quantitative estimate of drug-likeness (QED) is 0.600. The van der Waals surface area contributed by atoms with Crippen molar-refractivity contribution in [1.82, 2.24) is 24.7 Å². The highest BCUT2D eigenvalue weighted by molar-refractivity contribution is 7.86. The molecule has 9 nitrogen and oxygen atoms in total. The maximum absolute atomic E-state index is 11.1. The summed E-state index contributed by atoms with van der Waals surface area (Å²) in [4.78, 5) is 11.3. The fourth-order valence-corrected chi connectivity index (χ4v) is 2.50. The van der Waals surface area contributed by atoms with Crippen molar-refractivity contribution in [2.45, 2.75) is 18.7 Å². The SMILES string of the molecule is CC(Cn1cc(-c2ncnc3[nH]ccc23)c(N)n1)S(=O)(=O)O. The van der Waals surface area contributed by atoms with Gasteiger partial charge in [0.15, 0.2) is 5.82 Å². The van der Waals surface area contributed by atoms with Crippen LogP contribution in [0.2, 0.25) is 0 Å². The molecule has 3 rings (SSSR count). The Hall–Kier alpha value is -2.46. The minimum Gasteiger partial charge on any atom is -0.382 e. The molecule has 0 spiro atoms. The van der Waals surface area contributed by atoms with Gasteiger partial charge in [0.25, 0.3) is 10.1 Å². The van der Waals surface area contributed by atoms with Crippen molar-refractivity contribution < 1.29 is 13.0 Å². The molecular weight excluding hydrogens is 308 g/mol. The molecule has 3 heterocycles. The highest BCUT2D eigenvalue weighted by Crippen LogP contribution is 2.28. The van der Waals surface area contributed by atoms with Crippen molar-refractivity contribution in [3.8, 4) is 11.3 Å². The molecule has 0 bridgehead atoms. The predicted octanol–water partition coefficient (Wildman–Crippen LogP) is 0.680. The first-order valence-electron chi connectivity index (χ1n) is 6.44. The van der Waals surface area contributed by atoms with E-state index in [-0.39, 0.29) is 12.4 Å². The van der Waals surface area contributed by atoms with Crippen LogP contribution in [0, 0.1) is 0 Å². The van der Waals surface area contributed by atoms with E-state index in [1.165, 1.54) is 17.9 Å². The number of anilines is 1. The lowest BCUT2D eigenvalue weighted by Gasteiger charge is -2.07. The maximum Gasteiger partial charge on any atom is 0.269 e. The topological polar surface area (TPSA) is 140 Å². The summed E-state index contributed by atoms with van der Waals surface area (Å²) in [5.41, 5.74) is 7.76. The van der Waals surface area contributed by atoms with Gasteiger partial charge in [-0.1, -0.05) is 0 Å². The van der Waals surface area contributed by atoms with E-state index in [9.17, 15) is 8.42 Å². The minimum absolute atomic E-state index is 0.00953. The standard InChI is InChI=1S/C12H14N6O3S/c1-7(22(19,20)21)4-18-5-9(11(13)17-18)10-8-2-3-14-12(8)16-6-15-10/h2-3,5-7H,4H2,1H3,(H2,13,17)(H,14,15,16)(H,19,20,21). The molecule has 0 saturated carbocycles. The van der Waals surface area contributed by atoms with Gasteiger partial charge in [-0.15, -0.1) is 0 Å². The van der Waals surface area contributed by atoms with Crippen molar-refractivity contribution in [2.75, 3.05) is 5.73 Å². The molecule has 1 atom stereocenters. The van der Waals surface area contributed by atoms with E-state index in [0.29, 0.717) is 16.9 Å². The number of aromatic nitrogens is 5. The number of nitrogens with zero attached hydrogens (tertiary/aromatic N) is 4. The highest BCUT2D eigenvalue weighted by Gasteiger charge is 2.20. The van der Waals surface area contributed by atoms with Crippen LogP contribution in [0.4, 0.5) is 5.82 Å². The first-order valence-corrected chi connectivity index (χ1v) is 7.94. The summed E-state index contributed by atoms with van der Waals surface area (Å²) in [6.45, 7) is 1.38. The molecule has 22 heavy (non-hydrogen) atoms. The van der Waals surface area contributed by atoms with Crippen LogP contribution < -0.4 is 5.73 Å². The molecule has 3 aromatic rings. The van der Waals surface area contributed by atoms with E-state index < -0.39 is 15.4 Å². The van der Waals surface area contributed by atoms with E-state index in [4.69, 9.17) is 10.3 Å². The Morgan fingerprint density at radius 2 is 2.23 bits per heavy atom. The number of hydrogen-bond acceptors (Lipinski definition) is 6. The summed E-state index contributed by atoms with van der Waals surface area (Å²) in [6.07, 6.45) is 4.75. The second kappa shape index (κ2) is 5.07. The molecule has 10 heteroatoms. The highest BCUT2D eigenvalue weighted by atomic mass is 32.2. The van der Waals surface area contributed by atoms with E-state index in [2.05, 4.69) is 20.1 Å². The van der Waals surface area contributed by atoms with Gasteiger partial charge in [0.2, 0.25) is 0 Å². The van der Waals surface area contributed by atoms with Crippen LogP contribution >= 0.6 is 0 Å². The number of hydrogen-bond donors (Lipinski definition) is 3. The van der Waals surface area contributed by atoms with E-state index >= 15 is 0 Å². The van der Waals surface area contributed by atoms with Gasteiger partial charge in [0.05, 0.1) is 17.8 Å². The monoisotopic (exact) mass is 322 g/mol. The molecular formula is C12H14N6O3S. The van der Waals surface area contributed by atoms with Crippen LogP contribution in [-0.4, -0.2) is 43.0 Å². The second-order valence-corrected chi connectivity index (χ2v) is 6.77. The molecule has 0 fully saturated rings. The van der Waals surface area contributed by atoms with Gasteiger partial charge >= 0.3 is 0 Å². The molecule has 0 aromatic carbocycles. The molecule has 116 valence electrons. The fraction of sp³-hybridized carbons (Fsp3) is 0.250. The summed E-state index contributed by atoms with van der Waals surface area (Å²) in [5.74, 6) is 0.226. The Morgan fingerprint density at radius 1 is 1.45 bits per heavy atom. The Kier molecular flexibility index (Phi) is 3.34. The molecule has 0 aliphatic rings. The van der Waals surface area contributed by atoms with Gasteiger partial charge in [-0.3, -0.25) is 9.23 Å². The van der Waals surface area contributed by atoms with Crippen molar-refractivity contribution in [2.24, 2.45) is 0 Å². The van der Waals surface area contributed by atoms with Crippen LogP contribution in [0.5, 0.6) is 0 Å². The number of nitrogens with two attached hydrogens (primary N) is 1. The second-order valence-electron chi connectivity index (χ2n) is 4.94. The first kappa shape index (κ1) is 14.5. The summed E-state index contributed by atoms with van der Waals surface area (Å²) >= 11 is 0. The fourth-order valence-electron chi connectivity index (χ4n) is 2.16. The zero-order valence-electron chi connectivity index (χ0n) is 11.6. The van der Waals surface area contributed by atoms with E-state index in [1.54, 1.807) is 12.4 Å². The number of nitrogen functional groups attached to an aromatic ring is 1. The Labute approximate surface area is 125 Å². The van der Waals surface area contributed by atoms with Gasteiger partial charge in [-0.25, -0.2) is 9.97 Å². The summed E-state index contributed by atoms with van der Waals surface area (Å²) < 4.78 is 32.6. The average Bonchev–Trinajstić information content (AvgIpc) is 3.03. The smallest absolute Gasteiger partial charge is 0.269 e. The number of aromatic amines is 1. The molecule has 0 amide bonds. The van der Waals surface area contributed by atoms with Crippen LogP contribution in [0.25, 0.3) is 22.3 Å². The normalized spacial score (nSPS) is 13.5. The average molecular weight is 322 g/mol. The third kappa shape index (κ3) is 2.53. The molecule has 0 radical (unpaired) electrons. The lowest BCUT2D eigenvalue weighted by molar-refractivity contribution is 0.455. The molecule has 3 aromatic heterocycles. The van der Waals surface area contributed by atoms with Crippen LogP contribution in [-0.2, 0) is 16.7 Å². The van der Waals surface area contributed by atoms with E-state index in [0.717, 1.165) is 5.39 Å². The largest absolute Gasteiger partial charge is 0.382 e. The van der Waals surface area contributed by atoms with Crippen LogP contribution in [0.3, 0.4) is 0 Å². The van der Waals surface area contributed by atoms with Gasteiger partial charge in [0.1, 0.15) is 17.2 Å². The third-order valence-electron chi connectivity index (χ3n) is 3.35. The predicted molar refractivity (Wildman–Crippen MR) is 80.5 cm³/mol. The Morgan fingerprint density at radius 3 is 2.95 bits per heavy atom. The van der Waals surface area contributed by atoms with Crippen LogP contribution in [0.1, 0.15) is 6.92 Å². The third-order valence-corrected chi connectivity index (χ3v) is 4.52. The molecule has 0 saturated heterocycles. The molecule has 4 N–H and O–H groups in total. The molecule has 1 unspecified atom stereocenters. The number of nitrogens with one attached hydrogen (secondary N) is 1. The van der Waals surface area contributed by atoms with Gasteiger partial charge in [0, 0.05) is 17.8 Å². The molecule has 0 aliphatic carbocycles.